The van der Waals surface area contributed by atoms with E-state index in [9.17, 15) is 9.59 Å². The molecule has 0 bridgehead atoms. The Bertz CT molecular complexity index is 232. The van der Waals surface area contributed by atoms with Gasteiger partial charge >= 0.3 is 0 Å². The first-order valence-electron chi connectivity index (χ1n) is 6.04. The largest absolute Gasteiger partial charge is 0.282 e. The van der Waals surface area contributed by atoms with E-state index < -0.39 is 0 Å². The summed E-state index contributed by atoms with van der Waals surface area (Å²) in [6, 6.07) is 0. The van der Waals surface area contributed by atoms with Gasteiger partial charge in [-0.05, 0) is 19.3 Å². The normalized spacial score (nSPS) is 16.5. The van der Waals surface area contributed by atoms with Gasteiger partial charge in [0.05, 0.1) is 0 Å². The SMILES string of the molecule is CCCC(CCC)C(=O)N1CCCC1=O. The van der Waals surface area contributed by atoms with Crippen molar-refractivity contribution in [3.8, 4) is 0 Å². The van der Waals surface area contributed by atoms with Crippen molar-refractivity contribution in [1.29, 1.82) is 0 Å². The van der Waals surface area contributed by atoms with Crippen LogP contribution in [0.4, 0.5) is 0 Å². The van der Waals surface area contributed by atoms with Crippen molar-refractivity contribution in [2.75, 3.05) is 6.54 Å². The first kappa shape index (κ1) is 12.2. The van der Waals surface area contributed by atoms with E-state index in [4.69, 9.17) is 0 Å². The summed E-state index contributed by atoms with van der Waals surface area (Å²) in [5.41, 5.74) is 0. The number of likely N-dealkylation sites (tertiary alicyclic amines) is 1. The number of imide groups is 1. The summed E-state index contributed by atoms with van der Waals surface area (Å²) in [6.07, 6.45) is 5.25. The molecule has 1 heterocycles. The third-order valence-corrected chi connectivity index (χ3v) is 2.96. The van der Waals surface area contributed by atoms with Crippen molar-refractivity contribution in [1.82, 2.24) is 4.90 Å². The second kappa shape index (κ2) is 5.89. The van der Waals surface area contributed by atoms with Crippen LogP contribution in [0.3, 0.4) is 0 Å². The van der Waals surface area contributed by atoms with Gasteiger partial charge in [-0.2, -0.15) is 0 Å². The van der Waals surface area contributed by atoms with E-state index in [0.29, 0.717) is 13.0 Å². The van der Waals surface area contributed by atoms with Crippen LogP contribution in [-0.4, -0.2) is 23.3 Å². The molecule has 0 atom stereocenters. The molecule has 0 aromatic heterocycles. The van der Waals surface area contributed by atoms with Gasteiger partial charge in [0.15, 0.2) is 0 Å². The Morgan fingerprint density at radius 2 is 1.93 bits per heavy atom. The number of rotatable bonds is 5. The number of nitrogens with zero attached hydrogens (tertiary/aromatic N) is 1. The molecule has 0 aromatic carbocycles. The van der Waals surface area contributed by atoms with E-state index >= 15 is 0 Å². The molecule has 0 unspecified atom stereocenters. The Balaban J connectivity index is 2.57. The van der Waals surface area contributed by atoms with E-state index in [-0.39, 0.29) is 17.7 Å². The lowest BCUT2D eigenvalue weighted by molar-refractivity contribution is -0.144. The molecule has 1 fully saturated rings. The van der Waals surface area contributed by atoms with Crippen molar-refractivity contribution in [2.24, 2.45) is 5.92 Å². The van der Waals surface area contributed by atoms with Gasteiger partial charge in [-0.15, -0.1) is 0 Å². The molecule has 15 heavy (non-hydrogen) atoms. The Morgan fingerprint density at radius 1 is 1.33 bits per heavy atom. The topological polar surface area (TPSA) is 37.4 Å². The number of hydrogen-bond acceptors (Lipinski definition) is 2. The smallest absolute Gasteiger partial charge is 0.232 e. The molecule has 3 heteroatoms. The van der Waals surface area contributed by atoms with E-state index in [1.165, 1.54) is 4.90 Å². The van der Waals surface area contributed by atoms with Crippen molar-refractivity contribution >= 4 is 11.8 Å². The Labute approximate surface area is 91.8 Å². The van der Waals surface area contributed by atoms with Crippen molar-refractivity contribution in [3.05, 3.63) is 0 Å². The minimum atomic E-state index is 0.0252. The van der Waals surface area contributed by atoms with Gasteiger partial charge in [0.2, 0.25) is 11.8 Å². The molecule has 0 N–H and O–H groups in total. The van der Waals surface area contributed by atoms with Crippen LogP contribution >= 0.6 is 0 Å². The number of carbonyl (C=O) groups is 2. The third-order valence-electron chi connectivity index (χ3n) is 2.96. The molecular formula is C12H21NO2. The van der Waals surface area contributed by atoms with Gasteiger partial charge < -0.3 is 0 Å². The van der Waals surface area contributed by atoms with Gasteiger partial charge in [-0.25, -0.2) is 0 Å². The predicted octanol–water partition coefficient (Wildman–Crippen LogP) is 2.35. The summed E-state index contributed by atoms with van der Waals surface area (Å²) in [5.74, 6) is 0.167. The fraction of sp³-hybridized carbons (Fsp3) is 0.833. The zero-order valence-corrected chi connectivity index (χ0v) is 9.79. The Kier molecular flexibility index (Phi) is 4.79. The highest BCUT2D eigenvalue weighted by atomic mass is 16.2. The molecule has 1 aliphatic rings. The highest BCUT2D eigenvalue weighted by Gasteiger charge is 2.30. The predicted molar refractivity (Wildman–Crippen MR) is 59.3 cm³/mol. The first-order valence-corrected chi connectivity index (χ1v) is 6.04. The maximum absolute atomic E-state index is 12.0. The van der Waals surface area contributed by atoms with Crippen molar-refractivity contribution in [2.45, 2.75) is 52.4 Å². The van der Waals surface area contributed by atoms with Crippen LogP contribution in [0.5, 0.6) is 0 Å². The van der Waals surface area contributed by atoms with Gasteiger partial charge in [0.1, 0.15) is 0 Å². The fourth-order valence-electron chi connectivity index (χ4n) is 2.19. The Hall–Kier alpha value is -0.860. The average molecular weight is 211 g/mol. The molecule has 0 saturated carbocycles. The number of hydrogen-bond donors (Lipinski definition) is 0. The summed E-state index contributed by atoms with van der Waals surface area (Å²) in [6.45, 7) is 4.81. The molecule has 0 spiro atoms. The van der Waals surface area contributed by atoms with Gasteiger partial charge in [-0.3, -0.25) is 14.5 Å². The highest BCUT2D eigenvalue weighted by Crippen LogP contribution is 2.20. The molecule has 2 amide bonds. The third kappa shape index (κ3) is 3.05. The standard InChI is InChI=1S/C12H21NO2/c1-3-6-10(7-4-2)12(15)13-9-5-8-11(13)14/h10H,3-9H2,1-2H3. The number of carbonyl (C=O) groups excluding carboxylic acids is 2. The van der Waals surface area contributed by atoms with Crippen molar-refractivity contribution < 1.29 is 9.59 Å². The first-order chi connectivity index (χ1) is 7.20. The molecule has 0 aliphatic carbocycles. The van der Waals surface area contributed by atoms with Gasteiger partial charge in [0.25, 0.3) is 0 Å². The molecule has 3 nitrogen and oxygen atoms in total. The minimum absolute atomic E-state index is 0.0252. The summed E-state index contributed by atoms with van der Waals surface area (Å²) < 4.78 is 0. The van der Waals surface area contributed by atoms with Crippen LogP contribution in [-0.2, 0) is 9.59 Å². The molecule has 1 aliphatic heterocycles. The maximum atomic E-state index is 12.0. The molecule has 1 saturated heterocycles. The highest BCUT2D eigenvalue weighted by molar-refractivity contribution is 5.97. The van der Waals surface area contributed by atoms with Gasteiger partial charge in [-0.1, -0.05) is 26.7 Å². The average Bonchev–Trinajstić information content (AvgIpc) is 2.63. The van der Waals surface area contributed by atoms with Crippen LogP contribution in [0.1, 0.15) is 52.4 Å². The quantitative estimate of drug-likeness (QED) is 0.700. The number of amides is 2. The summed E-state index contributed by atoms with van der Waals surface area (Å²) in [7, 11) is 0. The zero-order valence-electron chi connectivity index (χ0n) is 9.79. The molecule has 0 aromatic rings. The second-order valence-corrected chi connectivity index (χ2v) is 4.26. The summed E-state index contributed by atoms with van der Waals surface area (Å²) >= 11 is 0. The van der Waals surface area contributed by atoms with E-state index in [2.05, 4.69) is 13.8 Å². The minimum Gasteiger partial charge on any atom is -0.282 e. The molecule has 86 valence electrons. The monoisotopic (exact) mass is 211 g/mol. The van der Waals surface area contributed by atoms with Gasteiger partial charge in [0, 0.05) is 18.9 Å². The molecule has 0 radical (unpaired) electrons. The molecule has 1 rings (SSSR count). The van der Waals surface area contributed by atoms with Crippen LogP contribution in [0.2, 0.25) is 0 Å². The molecular weight excluding hydrogens is 190 g/mol. The van der Waals surface area contributed by atoms with Crippen molar-refractivity contribution in [3.63, 3.8) is 0 Å². The van der Waals surface area contributed by atoms with Crippen LogP contribution in [0, 0.1) is 5.92 Å². The second-order valence-electron chi connectivity index (χ2n) is 4.26. The van der Waals surface area contributed by atoms with Crippen LogP contribution in [0.15, 0.2) is 0 Å². The van der Waals surface area contributed by atoms with Crippen LogP contribution in [0.25, 0.3) is 0 Å². The lowest BCUT2D eigenvalue weighted by atomic mass is 9.97. The fourth-order valence-corrected chi connectivity index (χ4v) is 2.19. The summed E-state index contributed by atoms with van der Waals surface area (Å²) in [5, 5.41) is 0. The van der Waals surface area contributed by atoms with E-state index in [1.807, 2.05) is 0 Å². The lowest BCUT2D eigenvalue weighted by Gasteiger charge is -2.21. The lowest BCUT2D eigenvalue weighted by Crippen LogP contribution is -2.36. The van der Waals surface area contributed by atoms with E-state index in [1.54, 1.807) is 0 Å². The zero-order chi connectivity index (χ0) is 11.3. The Morgan fingerprint density at radius 3 is 2.33 bits per heavy atom. The summed E-state index contributed by atoms with van der Waals surface area (Å²) in [4.78, 5) is 24.9. The van der Waals surface area contributed by atoms with Crippen LogP contribution < -0.4 is 0 Å². The maximum Gasteiger partial charge on any atom is 0.232 e. The van der Waals surface area contributed by atoms with E-state index in [0.717, 1.165) is 32.1 Å².